The summed E-state index contributed by atoms with van der Waals surface area (Å²) in [5.41, 5.74) is 2.08. The van der Waals surface area contributed by atoms with Gasteiger partial charge in [-0.3, -0.25) is 10.1 Å². The van der Waals surface area contributed by atoms with Gasteiger partial charge in [0.15, 0.2) is 11.6 Å². The Morgan fingerprint density at radius 3 is 2.75 bits per heavy atom. The number of nitrogens with one attached hydrogen (secondary N) is 1. The predicted octanol–water partition coefficient (Wildman–Crippen LogP) is 2.75. The number of rotatable bonds is 4. The van der Waals surface area contributed by atoms with Crippen LogP contribution in [0.4, 0.5) is 0 Å². The minimum atomic E-state index is 0.357. The SMILES string of the molecule is Cc1ccc(OCc2nc(-c3cccnc3)n[nH]2)cc1. The van der Waals surface area contributed by atoms with Crippen molar-refractivity contribution < 1.29 is 4.74 Å². The number of ether oxygens (including phenoxy) is 1. The van der Waals surface area contributed by atoms with Crippen LogP contribution in [0.5, 0.6) is 5.75 Å². The Kier molecular flexibility index (Phi) is 3.41. The summed E-state index contributed by atoms with van der Waals surface area (Å²) in [4.78, 5) is 8.43. The molecule has 0 radical (unpaired) electrons. The van der Waals surface area contributed by atoms with Crippen molar-refractivity contribution in [1.82, 2.24) is 20.2 Å². The molecule has 2 aromatic heterocycles. The Hall–Kier alpha value is -2.69. The number of hydrogen-bond donors (Lipinski definition) is 1. The van der Waals surface area contributed by atoms with E-state index in [9.17, 15) is 0 Å². The van der Waals surface area contributed by atoms with E-state index in [0.29, 0.717) is 18.3 Å². The average molecular weight is 266 g/mol. The van der Waals surface area contributed by atoms with Gasteiger partial charge in [-0.15, -0.1) is 0 Å². The lowest BCUT2D eigenvalue weighted by molar-refractivity contribution is 0.296. The van der Waals surface area contributed by atoms with Crippen molar-refractivity contribution in [2.75, 3.05) is 0 Å². The molecule has 0 spiro atoms. The number of benzene rings is 1. The van der Waals surface area contributed by atoms with Gasteiger partial charge in [0.05, 0.1) is 0 Å². The lowest BCUT2D eigenvalue weighted by atomic mass is 10.2. The Morgan fingerprint density at radius 2 is 2.00 bits per heavy atom. The summed E-state index contributed by atoms with van der Waals surface area (Å²) in [6.07, 6.45) is 3.45. The molecule has 0 amide bonds. The smallest absolute Gasteiger partial charge is 0.182 e. The van der Waals surface area contributed by atoms with Crippen LogP contribution in [0.3, 0.4) is 0 Å². The molecule has 1 aromatic carbocycles. The van der Waals surface area contributed by atoms with E-state index in [-0.39, 0.29) is 0 Å². The number of aryl methyl sites for hydroxylation is 1. The highest BCUT2D eigenvalue weighted by molar-refractivity contribution is 5.52. The van der Waals surface area contributed by atoms with E-state index in [0.717, 1.165) is 11.3 Å². The molecule has 0 aliphatic carbocycles. The second-order valence-corrected chi connectivity index (χ2v) is 4.45. The highest BCUT2D eigenvalue weighted by atomic mass is 16.5. The molecule has 0 unspecified atom stereocenters. The van der Waals surface area contributed by atoms with Gasteiger partial charge in [0, 0.05) is 18.0 Å². The van der Waals surface area contributed by atoms with Gasteiger partial charge in [0.25, 0.3) is 0 Å². The summed E-state index contributed by atoms with van der Waals surface area (Å²) in [6.45, 7) is 2.40. The fourth-order valence-corrected chi connectivity index (χ4v) is 1.77. The maximum atomic E-state index is 5.65. The molecular formula is C15H14N4O. The van der Waals surface area contributed by atoms with Gasteiger partial charge >= 0.3 is 0 Å². The van der Waals surface area contributed by atoms with E-state index in [1.165, 1.54) is 5.56 Å². The number of aromatic nitrogens is 4. The number of nitrogens with zero attached hydrogens (tertiary/aromatic N) is 3. The van der Waals surface area contributed by atoms with Crippen LogP contribution in [0, 0.1) is 6.92 Å². The quantitative estimate of drug-likeness (QED) is 0.788. The van der Waals surface area contributed by atoms with Crippen LogP contribution in [0.1, 0.15) is 11.4 Å². The summed E-state index contributed by atoms with van der Waals surface area (Å²) in [6, 6.07) is 11.7. The summed E-state index contributed by atoms with van der Waals surface area (Å²) >= 11 is 0. The Labute approximate surface area is 116 Å². The topological polar surface area (TPSA) is 63.7 Å². The first-order valence-corrected chi connectivity index (χ1v) is 6.32. The zero-order valence-electron chi connectivity index (χ0n) is 11.1. The highest BCUT2D eigenvalue weighted by Gasteiger charge is 2.06. The molecule has 0 saturated heterocycles. The molecule has 100 valence electrons. The molecule has 2 heterocycles. The van der Waals surface area contributed by atoms with E-state index in [1.807, 2.05) is 43.3 Å². The van der Waals surface area contributed by atoms with Crippen molar-refractivity contribution in [1.29, 1.82) is 0 Å². The highest BCUT2D eigenvalue weighted by Crippen LogP contribution is 2.15. The molecule has 0 fully saturated rings. The molecular weight excluding hydrogens is 252 g/mol. The summed E-state index contributed by atoms with van der Waals surface area (Å²) in [7, 11) is 0. The standard InChI is InChI=1S/C15H14N4O/c1-11-4-6-13(7-5-11)20-10-14-17-15(19-18-14)12-3-2-8-16-9-12/h2-9H,10H2,1H3,(H,17,18,19). The Bertz CT molecular complexity index is 677. The minimum Gasteiger partial charge on any atom is -0.486 e. The average Bonchev–Trinajstić information content (AvgIpc) is 2.97. The number of H-pyrrole nitrogens is 1. The number of hydrogen-bond acceptors (Lipinski definition) is 4. The van der Waals surface area contributed by atoms with Gasteiger partial charge in [-0.2, -0.15) is 5.10 Å². The normalized spacial score (nSPS) is 10.4. The van der Waals surface area contributed by atoms with Crippen LogP contribution in [-0.2, 0) is 6.61 Å². The van der Waals surface area contributed by atoms with Gasteiger partial charge in [0.2, 0.25) is 0 Å². The van der Waals surface area contributed by atoms with E-state index in [1.54, 1.807) is 12.4 Å². The molecule has 5 heteroatoms. The predicted molar refractivity (Wildman–Crippen MR) is 75.1 cm³/mol. The molecule has 0 atom stereocenters. The van der Waals surface area contributed by atoms with Gasteiger partial charge in [-0.1, -0.05) is 17.7 Å². The van der Waals surface area contributed by atoms with Crippen molar-refractivity contribution >= 4 is 0 Å². The van der Waals surface area contributed by atoms with Crippen molar-refractivity contribution in [3.8, 4) is 17.1 Å². The van der Waals surface area contributed by atoms with Crippen molar-refractivity contribution in [3.63, 3.8) is 0 Å². The van der Waals surface area contributed by atoms with Crippen molar-refractivity contribution in [2.45, 2.75) is 13.5 Å². The van der Waals surface area contributed by atoms with Crippen LogP contribution in [0.15, 0.2) is 48.8 Å². The van der Waals surface area contributed by atoms with E-state index >= 15 is 0 Å². The zero-order chi connectivity index (χ0) is 13.8. The van der Waals surface area contributed by atoms with Gasteiger partial charge in [0.1, 0.15) is 12.4 Å². The van der Waals surface area contributed by atoms with Crippen LogP contribution in [-0.4, -0.2) is 20.2 Å². The maximum absolute atomic E-state index is 5.65. The zero-order valence-corrected chi connectivity index (χ0v) is 11.1. The molecule has 0 aliphatic heterocycles. The van der Waals surface area contributed by atoms with Gasteiger partial charge in [-0.25, -0.2) is 4.98 Å². The molecule has 0 bridgehead atoms. The summed E-state index contributed by atoms with van der Waals surface area (Å²) < 4.78 is 5.65. The van der Waals surface area contributed by atoms with Crippen LogP contribution < -0.4 is 4.74 Å². The third-order valence-corrected chi connectivity index (χ3v) is 2.85. The number of aromatic amines is 1. The minimum absolute atomic E-state index is 0.357. The Morgan fingerprint density at radius 1 is 1.15 bits per heavy atom. The molecule has 20 heavy (non-hydrogen) atoms. The molecule has 3 aromatic rings. The van der Waals surface area contributed by atoms with Crippen LogP contribution in [0.2, 0.25) is 0 Å². The van der Waals surface area contributed by atoms with E-state index in [4.69, 9.17) is 4.74 Å². The molecule has 0 aliphatic rings. The van der Waals surface area contributed by atoms with E-state index in [2.05, 4.69) is 20.2 Å². The third kappa shape index (κ3) is 2.83. The molecule has 5 nitrogen and oxygen atoms in total. The first-order chi connectivity index (χ1) is 9.81. The fourth-order valence-electron chi connectivity index (χ4n) is 1.77. The van der Waals surface area contributed by atoms with Crippen molar-refractivity contribution in [2.24, 2.45) is 0 Å². The van der Waals surface area contributed by atoms with Crippen molar-refractivity contribution in [3.05, 3.63) is 60.2 Å². The van der Waals surface area contributed by atoms with Gasteiger partial charge < -0.3 is 4.74 Å². The van der Waals surface area contributed by atoms with Crippen LogP contribution in [0.25, 0.3) is 11.4 Å². The van der Waals surface area contributed by atoms with Crippen LogP contribution >= 0.6 is 0 Å². The second-order valence-electron chi connectivity index (χ2n) is 4.45. The summed E-state index contributed by atoms with van der Waals surface area (Å²) in [5, 5.41) is 7.03. The summed E-state index contributed by atoms with van der Waals surface area (Å²) in [5.74, 6) is 2.12. The maximum Gasteiger partial charge on any atom is 0.182 e. The number of pyridine rings is 1. The third-order valence-electron chi connectivity index (χ3n) is 2.85. The lowest BCUT2D eigenvalue weighted by Crippen LogP contribution is -1.97. The largest absolute Gasteiger partial charge is 0.486 e. The lowest BCUT2D eigenvalue weighted by Gasteiger charge is -2.03. The monoisotopic (exact) mass is 266 g/mol. The van der Waals surface area contributed by atoms with E-state index < -0.39 is 0 Å². The molecule has 1 N–H and O–H groups in total. The molecule has 3 rings (SSSR count). The van der Waals surface area contributed by atoms with Gasteiger partial charge in [-0.05, 0) is 31.2 Å². The first kappa shape index (κ1) is 12.3. The molecule has 0 saturated carbocycles. The Balaban J connectivity index is 1.67. The fraction of sp³-hybridized carbons (Fsp3) is 0.133. The second kappa shape index (κ2) is 5.52. The first-order valence-electron chi connectivity index (χ1n) is 6.32.